The first-order valence-corrected chi connectivity index (χ1v) is 6.84. The first kappa shape index (κ1) is 13.5. The molecule has 0 radical (unpaired) electrons. The van der Waals surface area contributed by atoms with E-state index < -0.39 is 5.97 Å². The largest absolute Gasteiger partial charge is 0.463 e. The molecule has 0 bridgehead atoms. The fourth-order valence-electron chi connectivity index (χ4n) is 1.67. The molecule has 2 rings (SSSR count). The maximum atomic E-state index is 11.4. The molecule has 0 aliphatic rings. The Bertz CT molecular complexity index is 543. The quantitative estimate of drug-likeness (QED) is 0.851. The minimum absolute atomic E-state index is 0.0635. The van der Waals surface area contributed by atoms with Gasteiger partial charge in [-0.25, -0.2) is 14.8 Å². The number of nitrogens with zero attached hydrogens (tertiary/aromatic N) is 2. The van der Waals surface area contributed by atoms with Crippen molar-refractivity contribution in [3.8, 4) is 0 Å². The van der Waals surface area contributed by atoms with E-state index >= 15 is 0 Å². The molecule has 0 saturated carbocycles. The lowest BCUT2D eigenvalue weighted by atomic mass is 10.2. The summed E-state index contributed by atoms with van der Waals surface area (Å²) in [6.45, 7) is 2.10. The van der Waals surface area contributed by atoms with E-state index in [1.165, 1.54) is 12.0 Å². The van der Waals surface area contributed by atoms with Crippen molar-refractivity contribution in [3.63, 3.8) is 0 Å². The third kappa shape index (κ3) is 3.29. The Morgan fingerprint density at radius 2 is 2.37 bits per heavy atom. The van der Waals surface area contributed by atoms with Crippen LogP contribution in [0, 0.1) is 0 Å². The SMILES string of the molecule is CCC(Nc1ccnc(C(=O)OC)n1)c1cccs1. The van der Waals surface area contributed by atoms with Crippen LogP contribution in [0.2, 0.25) is 0 Å². The Hall–Kier alpha value is -1.95. The Morgan fingerprint density at radius 1 is 1.53 bits per heavy atom. The molecule has 2 heterocycles. The zero-order chi connectivity index (χ0) is 13.7. The summed E-state index contributed by atoms with van der Waals surface area (Å²) in [5.74, 6) is 0.150. The van der Waals surface area contributed by atoms with Crippen molar-refractivity contribution in [2.45, 2.75) is 19.4 Å². The number of hydrogen-bond acceptors (Lipinski definition) is 6. The first-order valence-electron chi connectivity index (χ1n) is 5.96. The number of anilines is 1. The predicted molar refractivity (Wildman–Crippen MR) is 74.3 cm³/mol. The molecule has 0 aromatic carbocycles. The highest BCUT2D eigenvalue weighted by molar-refractivity contribution is 7.10. The fraction of sp³-hybridized carbons (Fsp3) is 0.308. The molecular formula is C13H15N3O2S. The zero-order valence-electron chi connectivity index (χ0n) is 10.8. The zero-order valence-corrected chi connectivity index (χ0v) is 11.6. The van der Waals surface area contributed by atoms with Gasteiger partial charge in [0.2, 0.25) is 5.82 Å². The van der Waals surface area contributed by atoms with Gasteiger partial charge >= 0.3 is 5.97 Å². The average Bonchev–Trinajstić information content (AvgIpc) is 2.98. The summed E-state index contributed by atoms with van der Waals surface area (Å²) >= 11 is 1.69. The highest BCUT2D eigenvalue weighted by atomic mass is 32.1. The smallest absolute Gasteiger partial charge is 0.376 e. The molecule has 0 spiro atoms. The summed E-state index contributed by atoms with van der Waals surface area (Å²) in [6.07, 6.45) is 2.47. The van der Waals surface area contributed by atoms with Crippen LogP contribution in [0.3, 0.4) is 0 Å². The van der Waals surface area contributed by atoms with Crippen molar-refractivity contribution < 1.29 is 9.53 Å². The Morgan fingerprint density at radius 3 is 3.00 bits per heavy atom. The second-order valence-electron chi connectivity index (χ2n) is 3.88. The van der Waals surface area contributed by atoms with E-state index in [4.69, 9.17) is 0 Å². The Labute approximate surface area is 115 Å². The molecule has 6 heteroatoms. The number of carbonyl (C=O) groups excluding carboxylic acids is 1. The van der Waals surface area contributed by atoms with E-state index in [0.29, 0.717) is 5.82 Å². The lowest BCUT2D eigenvalue weighted by Gasteiger charge is -2.16. The second-order valence-corrected chi connectivity index (χ2v) is 4.86. The highest BCUT2D eigenvalue weighted by Crippen LogP contribution is 2.25. The first-order chi connectivity index (χ1) is 9.24. The van der Waals surface area contributed by atoms with E-state index in [0.717, 1.165) is 6.42 Å². The van der Waals surface area contributed by atoms with Crippen molar-refractivity contribution >= 4 is 23.1 Å². The number of esters is 1. The lowest BCUT2D eigenvalue weighted by molar-refractivity contribution is 0.0587. The van der Waals surface area contributed by atoms with Crippen LogP contribution < -0.4 is 5.32 Å². The average molecular weight is 277 g/mol. The molecule has 2 aromatic heterocycles. The van der Waals surface area contributed by atoms with Gasteiger partial charge in [-0.15, -0.1) is 11.3 Å². The van der Waals surface area contributed by atoms with Gasteiger partial charge in [0, 0.05) is 11.1 Å². The van der Waals surface area contributed by atoms with Gasteiger partial charge in [0.1, 0.15) is 5.82 Å². The van der Waals surface area contributed by atoms with Crippen molar-refractivity contribution in [1.29, 1.82) is 0 Å². The number of carbonyl (C=O) groups is 1. The van der Waals surface area contributed by atoms with E-state index in [9.17, 15) is 4.79 Å². The summed E-state index contributed by atoms with van der Waals surface area (Å²) in [5, 5.41) is 5.34. The Kier molecular flexibility index (Phi) is 4.46. The van der Waals surface area contributed by atoms with Crippen LogP contribution in [0.5, 0.6) is 0 Å². The van der Waals surface area contributed by atoms with E-state index in [1.807, 2.05) is 11.4 Å². The maximum Gasteiger partial charge on any atom is 0.376 e. The number of hydrogen-bond donors (Lipinski definition) is 1. The van der Waals surface area contributed by atoms with E-state index in [-0.39, 0.29) is 11.9 Å². The third-order valence-corrected chi connectivity index (χ3v) is 3.63. The van der Waals surface area contributed by atoms with Crippen molar-refractivity contribution in [2.24, 2.45) is 0 Å². The fourth-order valence-corrected chi connectivity index (χ4v) is 2.53. The van der Waals surface area contributed by atoms with Crippen molar-refractivity contribution in [1.82, 2.24) is 9.97 Å². The van der Waals surface area contributed by atoms with Gasteiger partial charge < -0.3 is 10.1 Å². The van der Waals surface area contributed by atoms with Crippen molar-refractivity contribution in [2.75, 3.05) is 12.4 Å². The van der Waals surface area contributed by atoms with Gasteiger partial charge in [-0.2, -0.15) is 0 Å². The van der Waals surface area contributed by atoms with Gasteiger partial charge in [-0.3, -0.25) is 0 Å². The molecule has 0 aliphatic heterocycles. The Balaban J connectivity index is 2.16. The van der Waals surface area contributed by atoms with Crippen LogP contribution in [-0.2, 0) is 4.74 Å². The summed E-state index contributed by atoms with van der Waals surface area (Å²) in [6, 6.07) is 6.02. The molecule has 2 aromatic rings. The number of rotatable bonds is 5. The minimum Gasteiger partial charge on any atom is -0.463 e. The van der Waals surface area contributed by atoms with Gasteiger partial charge in [-0.05, 0) is 23.9 Å². The van der Waals surface area contributed by atoms with Gasteiger partial charge in [-0.1, -0.05) is 13.0 Å². The van der Waals surface area contributed by atoms with Crippen LogP contribution in [-0.4, -0.2) is 23.0 Å². The van der Waals surface area contributed by atoms with Gasteiger partial charge in [0.25, 0.3) is 0 Å². The summed E-state index contributed by atoms with van der Waals surface area (Å²) in [7, 11) is 1.31. The van der Waals surface area contributed by atoms with Crippen LogP contribution in [0.1, 0.15) is 34.9 Å². The molecule has 1 N–H and O–H groups in total. The topological polar surface area (TPSA) is 64.1 Å². The number of nitrogens with one attached hydrogen (secondary N) is 1. The molecule has 19 heavy (non-hydrogen) atoms. The summed E-state index contributed by atoms with van der Waals surface area (Å²) in [4.78, 5) is 20.6. The van der Waals surface area contributed by atoms with E-state index in [2.05, 4.69) is 33.0 Å². The molecule has 0 aliphatic carbocycles. The molecule has 1 atom stereocenters. The molecule has 5 nitrogen and oxygen atoms in total. The maximum absolute atomic E-state index is 11.4. The standard InChI is InChI=1S/C13H15N3O2S/c1-3-9(10-5-4-8-19-10)15-11-6-7-14-12(16-11)13(17)18-2/h4-9H,3H2,1-2H3,(H,14,15,16). The van der Waals surface area contributed by atoms with Gasteiger partial charge in [0.05, 0.1) is 13.2 Å². The molecular weight excluding hydrogens is 262 g/mol. The lowest BCUT2D eigenvalue weighted by Crippen LogP contribution is -2.13. The second kappa shape index (κ2) is 6.29. The normalized spacial score (nSPS) is 11.9. The van der Waals surface area contributed by atoms with Crippen LogP contribution in [0.25, 0.3) is 0 Å². The monoisotopic (exact) mass is 277 g/mol. The van der Waals surface area contributed by atoms with Crippen LogP contribution in [0.4, 0.5) is 5.82 Å². The third-order valence-electron chi connectivity index (χ3n) is 2.64. The molecule has 0 saturated heterocycles. The highest BCUT2D eigenvalue weighted by Gasteiger charge is 2.13. The van der Waals surface area contributed by atoms with Gasteiger partial charge in [0.15, 0.2) is 0 Å². The molecule has 0 fully saturated rings. The number of methoxy groups -OCH3 is 1. The van der Waals surface area contributed by atoms with Crippen LogP contribution >= 0.6 is 11.3 Å². The number of ether oxygens (including phenoxy) is 1. The number of thiophene rings is 1. The van der Waals surface area contributed by atoms with Crippen LogP contribution in [0.15, 0.2) is 29.8 Å². The molecule has 0 amide bonds. The number of aromatic nitrogens is 2. The predicted octanol–water partition coefficient (Wildman–Crippen LogP) is 2.89. The summed E-state index contributed by atoms with van der Waals surface area (Å²) in [5.41, 5.74) is 0. The molecule has 100 valence electrons. The molecule has 1 unspecified atom stereocenters. The van der Waals surface area contributed by atoms with E-state index in [1.54, 1.807) is 23.6 Å². The minimum atomic E-state index is -0.534. The summed E-state index contributed by atoms with van der Waals surface area (Å²) < 4.78 is 4.61. The van der Waals surface area contributed by atoms with Crippen molar-refractivity contribution in [3.05, 3.63) is 40.5 Å².